The molecule has 1 amide bonds. The third-order valence-electron chi connectivity index (χ3n) is 3.08. The van der Waals surface area contributed by atoms with Crippen LogP contribution < -0.4 is 5.32 Å². The molecule has 0 atom stereocenters. The van der Waals surface area contributed by atoms with Crippen LogP contribution in [0, 0.1) is 5.82 Å². The Bertz CT molecular complexity index is 789. The molecule has 0 aliphatic carbocycles. The fourth-order valence-electron chi connectivity index (χ4n) is 1.95. The lowest BCUT2D eigenvalue weighted by Crippen LogP contribution is -2.13. The van der Waals surface area contributed by atoms with Crippen LogP contribution in [0.4, 0.5) is 10.1 Å². The number of pyridine rings is 2. The number of rotatable bonds is 3. The molecule has 0 radical (unpaired) electrons. The van der Waals surface area contributed by atoms with Crippen molar-refractivity contribution in [2.24, 2.45) is 0 Å². The normalized spacial score (nSPS) is 10.2. The highest BCUT2D eigenvalue weighted by molar-refractivity contribution is 6.04. The number of para-hydroxylation sites is 1. The first-order valence-electron chi connectivity index (χ1n) is 6.67. The average molecular weight is 293 g/mol. The second kappa shape index (κ2) is 6.13. The molecule has 0 fully saturated rings. The van der Waals surface area contributed by atoms with E-state index in [9.17, 15) is 9.18 Å². The third kappa shape index (κ3) is 2.98. The fourth-order valence-corrected chi connectivity index (χ4v) is 1.95. The van der Waals surface area contributed by atoms with Crippen molar-refractivity contribution >= 4 is 11.6 Å². The highest BCUT2D eigenvalue weighted by Crippen LogP contribution is 2.16. The molecule has 22 heavy (non-hydrogen) atoms. The summed E-state index contributed by atoms with van der Waals surface area (Å²) in [6, 6.07) is 14.9. The second-order valence-corrected chi connectivity index (χ2v) is 4.58. The van der Waals surface area contributed by atoms with Gasteiger partial charge in [-0.15, -0.1) is 0 Å². The molecule has 2 heterocycles. The maximum absolute atomic E-state index is 13.5. The molecule has 108 valence electrons. The minimum absolute atomic E-state index is 0.140. The van der Waals surface area contributed by atoms with Gasteiger partial charge in [-0.25, -0.2) is 4.39 Å². The van der Waals surface area contributed by atoms with Gasteiger partial charge >= 0.3 is 0 Å². The zero-order valence-electron chi connectivity index (χ0n) is 11.5. The van der Waals surface area contributed by atoms with Gasteiger partial charge in [0.05, 0.1) is 22.6 Å². The number of hydrogen-bond donors (Lipinski definition) is 1. The zero-order chi connectivity index (χ0) is 15.4. The molecule has 3 rings (SSSR count). The van der Waals surface area contributed by atoms with Crippen molar-refractivity contribution in [3.8, 4) is 11.4 Å². The van der Waals surface area contributed by atoms with Crippen LogP contribution in [-0.4, -0.2) is 15.9 Å². The number of hydrogen-bond acceptors (Lipinski definition) is 3. The van der Waals surface area contributed by atoms with Crippen molar-refractivity contribution in [3.05, 3.63) is 78.4 Å². The molecule has 0 unspecified atom stereocenters. The van der Waals surface area contributed by atoms with Crippen molar-refractivity contribution in [2.45, 2.75) is 0 Å². The lowest BCUT2D eigenvalue weighted by atomic mass is 10.2. The van der Waals surface area contributed by atoms with Gasteiger partial charge in [-0.05, 0) is 36.4 Å². The molecular formula is C17H12FN3O. The number of anilines is 1. The van der Waals surface area contributed by atoms with Crippen LogP contribution in [0.5, 0.6) is 0 Å². The molecule has 5 heteroatoms. The van der Waals surface area contributed by atoms with Crippen molar-refractivity contribution < 1.29 is 9.18 Å². The summed E-state index contributed by atoms with van der Waals surface area (Å²) in [7, 11) is 0. The van der Waals surface area contributed by atoms with E-state index < -0.39 is 11.7 Å². The van der Waals surface area contributed by atoms with E-state index in [2.05, 4.69) is 15.3 Å². The molecule has 0 spiro atoms. The third-order valence-corrected chi connectivity index (χ3v) is 3.08. The van der Waals surface area contributed by atoms with E-state index in [0.717, 1.165) is 5.69 Å². The highest BCUT2D eigenvalue weighted by atomic mass is 19.1. The van der Waals surface area contributed by atoms with E-state index in [1.807, 2.05) is 18.2 Å². The van der Waals surface area contributed by atoms with Crippen LogP contribution in [0.3, 0.4) is 0 Å². The van der Waals surface area contributed by atoms with Crippen molar-refractivity contribution in [1.82, 2.24) is 9.97 Å². The maximum Gasteiger partial charge on any atom is 0.257 e. The van der Waals surface area contributed by atoms with Gasteiger partial charge in [0.2, 0.25) is 0 Å². The SMILES string of the molecule is O=C(Nc1ccccc1F)c1ccc(-c2ccccn2)nc1. The van der Waals surface area contributed by atoms with Gasteiger partial charge in [0.1, 0.15) is 5.82 Å². The topological polar surface area (TPSA) is 54.9 Å². The van der Waals surface area contributed by atoms with Crippen LogP contribution in [0.1, 0.15) is 10.4 Å². The van der Waals surface area contributed by atoms with Gasteiger partial charge in [-0.1, -0.05) is 18.2 Å². The quantitative estimate of drug-likeness (QED) is 0.803. The van der Waals surface area contributed by atoms with Gasteiger partial charge in [0.25, 0.3) is 5.91 Å². The first kappa shape index (κ1) is 13.9. The standard InChI is InChI=1S/C17H12FN3O/c18-13-5-1-2-6-14(13)21-17(22)12-8-9-16(20-11-12)15-7-3-4-10-19-15/h1-11H,(H,21,22). The molecule has 0 aliphatic rings. The van der Waals surface area contributed by atoms with E-state index in [1.54, 1.807) is 30.5 Å². The first-order chi connectivity index (χ1) is 10.7. The molecular weight excluding hydrogens is 281 g/mol. The number of nitrogens with zero attached hydrogens (tertiary/aromatic N) is 2. The summed E-state index contributed by atoms with van der Waals surface area (Å²) in [6.45, 7) is 0. The molecule has 2 aromatic heterocycles. The number of halogens is 1. The molecule has 1 N–H and O–H groups in total. The Kier molecular flexibility index (Phi) is 3.87. The molecule has 1 aromatic carbocycles. The van der Waals surface area contributed by atoms with Gasteiger partial charge < -0.3 is 5.32 Å². The Morgan fingerprint density at radius 3 is 2.36 bits per heavy atom. The largest absolute Gasteiger partial charge is 0.319 e. The number of carbonyl (C=O) groups excluding carboxylic acids is 1. The first-order valence-corrected chi connectivity index (χ1v) is 6.67. The number of benzene rings is 1. The zero-order valence-corrected chi connectivity index (χ0v) is 11.5. The number of nitrogens with one attached hydrogen (secondary N) is 1. The Balaban J connectivity index is 1.78. The predicted octanol–water partition coefficient (Wildman–Crippen LogP) is 3.54. The minimum Gasteiger partial charge on any atom is -0.319 e. The van der Waals surface area contributed by atoms with E-state index >= 15 is 0 Å². The summed E-state index contributed by atoms with van der Waals surface area (Å²) in [5, 5.41) is 2.52. The summed E-state index contributed by atoms with van der Waals surface area (Å²) in [5.74, 6) is -0.890. The molecule has 0 aliphatic heterocycles. The highest BCUT2D eigenvalue weighted by Gasteiger charge is 2.10. The summed E-state index contributed by atoms with van der Waals surface area (Å²) in [6.07, 6.45) is 3.12. The number of carbonyl (C=O) groups is 1. The number of amides is 1. The fraction of sp³-hybridized carbons (Fsp3) is 0. The smallest absolute Gasteiger partial charge is 0.257 e. The van der Waals surface area contributed by atoms with Crippen molar-refractivity contribution in [2.75, 3.05) is 5.32 Å². The van der Waals surface area contributed by atoms with Crippen LogP contribution in [0.25, 0.3) is 11.4 Å². The molecule has 4 nitrogen and oxygen atoms in total. The van der Waals surface area contributed by atoms with Crippen LogP contribution >= 0.6 is 0 Å². The lowest BCUT2D eigenvalue weighted by molar-refractivity contribution is 0.102. The van der Waals surface area contributed by atoms with E-state index in [-0.39, 0.29) is 5.69 Å². The summed E-state index contributed by atoms with van der Waals surface area (Å²) >= 11 is 0. The van der Waals surface area contributed by atoms with Crippen LogP contribution in [0.15, 0.2) is 67.0 Å². The van der Waals surface area contributed by atoms with Gasteiger partial charge in [-0.2, -0.15) is 0 Å². The van der Waals surface area contributed by atoms with Gasteiger partial charge in [0.15, 0.2) is 0 Å². The van der Waals surface area contributed by atoms with Crippen LogP contribution in [-0.2, 0) is 0 Å². The lowest BCUT2D eigenvalue weighted by Gasteiger charge is -2.06. The number of aromatic nitrogens is 2. The molecule has 0 saturated carbocycles. The Morgan fingerprint density at radius 2 is 1.68 bits per heavy atom. The van der Waals surface area contributed by atoms with E-state index in [4.69, 9.17) is 0 Å². The molecule has 0 saturated heterocycles. The van der Waals surface area contributed by atoms with Gasteiger partial charge in [0, 0.05) is 12.4 Å². The Hall–Kier alpha value is -3.08. The Labute approximate surface area is 126 Å². The average Bonchev–Trinajstić information content (AvgIpc) is 2.58. The van der Waals surface area contributed by atoms with Gasteiger partial charge in [-0.3, -0.25) is 14.8 Å². The Morgan fingerprint density at radius 1 is 0.909 bits per heavy atom. The van der Waals surface area contributed by atoms with E-state index in [0.29, 0.717) is 11.3 Å². The van der Waals surface area contributed by atoms with Crippen molar-refractivity contribution in [1.29, 1.82) is 0 Å². The molecule has 3 aromatic rings. The second-order valence-electron chi connectivity index (χ2n) is 4.58. The monoisotopic (exact) mass is 293 g/mol. The minimum atomic E-state index is -0.478. The summed E-state index contributed by atoms with van der Waals surface area (Å²) < 4.78 is 13.5. The molecule has 0 bridgehead atoms. The summed E-state index contributed by atoms with van der Waals surface area (Å²) in [4.78, 5) is 20.5. The maximum atomic E-state index is 13.5. The van der Waals surface area contributed by atoms with Crippen LogP contribution in [0.2, 0.25) is 0 Å². The van der Waals surface area contributed by atoms with Crippen molar-refractivity contribution in [3.63, 3.8) is 0 Å². The van der Waals surface area contributed by atoms with E-state index in [1.165, 1.54) is 18.3 Å². The predicted molar refractivity (Wildman–Crippen MR) is 81.8 cm³/mol. The summed E-state index contributed by atoms with van der Waals surface area (Å²) in [5.41, 5.74) is 1.89.